The molecule has 2 unspecified atom stereocenters. The van der Waals surface area contributed by atoms with E-state index in [1.54, 1.807) is 11.0 Å². The number of amides is 2. The number of nitrogens with two attached hydrogens (primary N) is 1. The summed E-state index contributed by atoms with van der Waals surface area (Å²) in [6.45, 7) is 3.75. The summed E-state index contributed by atoms with van der Waals surface area (Å²) in [6, 6.07) is 6.09. The maximum absolute atomic E-state index is 13.1. The second-order valence-electron chi connectivity index (χ2n) is 4.80. The summed E-state index contributed by atoms with van der Waals surface area (Å²) in [5.41, 5.74) is 6.35. The maximum atomic E-state index is 13.1. The van der Waals surface area contributed by atoms with Gasteiger partial charge in [0, 0.05) is 13.1 Å². The van der Waals surface area contributed by atoms with Crippen molar-refractivity contribution in [3.8, 4) is 0 Å². The highest BCUT2D eigenvalue weighted by Gasteiger charge is 2.30. The Bertz CT molecular complexity index is 438. The first-order valence-electron chi connectivity index (χ1n) is 6.11. The van der Waals surface area contributed by atoms with Gasteiger partial charge in [-0.25, -0.2) is 9.18 Å². The summed E-state index contributed by atoms with van der Waals surface area (Å²) in [7, 11) is 0. The number of nitrogens with one attached hydrogen (secondary N) is 1. The number of benzene rings is 1. The van der Waals surface area contributed by atoms with Gasteiger partial charge < -0.3 is 16.0 Å². The zero-order chi connectivity index (χ0) is 13.1. The van der Waals surface area contributed by atoms with Crippen LogP contribution in [-0.4, -0.2) is 30.6 Å². The van der Waals surface area contributed by atoms with Gasteiger partial charge in [-0.1, -0.05) is 19.1 Å². The molecule has 2 rings (SSSR count). The molecule has 1 saturated heterocycles. The van der Waals surface area contributed by atoms with E-state index in [0.29, 0.717) is 19.6 Å². The lowest BCUT2D eigenvalue weighted by atomic mass is 10.1. The Kier molecular flexibility index (Phi) is 3.81. The lowest BCUT2D eigenvalue weighted by Gasteiger charge is -2.18. The molecule has 1 fully saturated rings. The molecule has 2 atom stereocenters. The average Bonchev–Trinajstić information content (AvgIpc) is 2.71. The molecule has 1 aliphatic rings. The van der Waals surface area contributed by atoms with Crippen LogP contribution in [0.4, 0.5) is 9.18 Å². The Morgan fingerprint density at radius 2 is 2.39 bits per heavy atom. The third-order valence-electron chi connectivity index (χ3n) is 3.17. The predicted octanol–water partition coefficient (Wildman–Crippen LogP) is 1.49. The minimum absolute atomic E-state index is 0.107. The van der Waals surface area contributed by atoms with Crippen LogP contribution in [0.5, 0.6) is 0 Å². The molecule has 0 saturated carbocycles. The molecule has 18 heavy (non-hydrogen) atoms. The Morgan fingerprint density at radius 1 is 1.61 bits per heavy atom. The SMILES string of the molecule is CC(CN)CN1CC(c2cccc(F)c2)NC1=O. The first-order valence-corrected chi connectivity index (χ1v) is 6.11. The molecule has 3 N–H and O–H groups in total. The summed E-state index contributed by atoms with van der Waals surface area (Å²) >= 11 is 0. The number of carbonyl (C=O) groups is 1. The number of hydrogen-bond donors (Lipinski definition) is 2. The molecule has 0 radical (unpaired) electrons. The van der Waals surface area contributed by atoms with Gasteiger partial charge in [0.05, 0.1) is 6.04 Å². The second-order valence-corrected chi connectivity index (χ2v) is 4.80. The zero-order valence-electron chi connectivity index (χ0n) is 10.4. The van der Waals surface area contributed by atoms with Crippen LogP contribution in [-0.2, 0) is 0 Å². The van der Waals surface area contributed by atoms with E-state index in [0.717, 1.165) is 5.56 Å². The van der Waals surface area contributed by atoms with Crippen molar-refractivity contribution in [2.75, 3.05) is 19.6 Å². The fourth-order valence-corrected chi connectivity index (χ4v) is 2.11. The van der Waals surface area contributed by atoms with Crippen molar-refractivity contribution in [3.63, 3.8) is 0 Å². The number of rotatable bonds is 4. The van der Waals surface area contributed by atoms with Gasteiger partial charge in [-0.2, -0.15) is 0 Å². The summed E-state index contributed by atoms with van der Waals surface area (Å²) in [6.07, 6.45) is 0. The van der Waals surface area contributed by atoms with Crippen LogP contribution >= 0.6 is 0 Å². The summed E-state index contributed by atoms with van der Waals surface area (Å²) < 4.78 is 13.1. The van der Waals surface area contributed by atoms with Gasteiger partial charge in [-0.3, -0.25) is 0 Å². The third-order valence-corrected chi connectivity index (χ3v) is 3.17. The van der Waals surface area contributed by atoms with E-state index in [4.69, 9.17) is 5.73 Å². The van der Waals surface area contributed by atoms with Crippen LogP contribution in [0.15, 0.2) is 24.3 Å². The average molecular weight is 251 g/mol. The standard InChI is InChI=1S/C13H18FN3O/c1-9(6-15)7-17-8-12(16-13(17)18)10-3-2-4-11(14)5-10/h2-5,9,12H,6-8,15H2,1H3,(H,16,18). The van der Waals surface area contributed by atoms with Crippen molar-refractivity contribution >= 4 is 6.03 Å². The lowest BCUT2D eigenvalue weighted by Crippen LogP contribution is -2.34. The molecule has 0 spiro atoms. The minimum Gasteiger partial charge on any atom is -0.330 e. The topological polar surface area (TPSA) is 58.4 Å². The van der Waals surface area contributed by atoms with E-state index < -0.39 is 0 Å². The van der Waals surface area contributed by atoms with Crippen LogP contribution in [0.1, 0.15) is 18.5 Å². The third kappa shape index (κ3) is 2.79. The Morgan fingerprint density at radius 3 is 3.06 bits per heavy atom. The predicted molar refractivity (Wildman–Crippen MR) is 67.5 cm³/mol. The molecular weight excluding hydrogens is 233 g/mol. The fourth-order valence-electron chi connectivity index (χ4n) is 2.11. The van der Waals surface area contributed by atoms with Crippen molar-refractivity contribution in [1.82, 2.24) is 10.2 Å². The van der Waals surface area contributed by atoms with Gasteiger partial charge in [0.2, 0.25) is 0 Å². The van der Waals surface area contributed by atoms with Crippen molar-refractivity contribution in [3.05, 3.63) is 35.6 Å². The number of hydrogen-bond acceptors (Lipinski definition) is 2. The van der Waals surface area contributed by atoms with Gasteiger partial charge in [-0.05, 0) is 30.2 Å². The van der Waals surface area contributed by atoms with Crippen LogP contribution in [0, 0.1) is 11.7 Å². The van der Waals surface area contributed by atoms with Crippen LogP contribution in [0.25, 0.3) is 0 Å². The molecule has 0 aliphatic carbocycles. The van der Waals surface area contributed by atoms with Gasteiger partial charge in [0.25, 0.3) is 0 Å². The van der Waals surface area contributed by atoms with Gasteiger partial charge in [0.15, 0.2) is 0 Å². The Hall–Kier alpha value is -1.62. The number of carbonyl (C=O) groups excluding carboxylic acids is 1. The normalized spacial score (nSPS) is 20.9. The van der Waals surface area contributed by atoms with Gasteiger partial charge >= 0.3 is 6.03 Å². The molecule has 0 bridgehead atoms. The van der Waals surface area contributed by atoms with Crippen molar-refractivity contribution in [2.45, 2.75) is 13.0 Å². The Balaban J connectivity index is 2.04. The van der Waals surface area contributed by atoms with E-state index >= 15 is 0 Å². The summed E-state index contributed by atoms with van der Waals surface area (Å²) in [5, 5.41) is 2.86. The molecule has 2 amide bonds. The van der Waals surface area contributed by atoms with Gasteiger partial charge in [-0.15, -0.1) is 0 Å². The first-order chi connectivity index (χ1) is 8.60. The zero-order valence-corrected chi connectivity index (χ0v) is 10.4. The van der Waals surface area contributed by atoms with Gasteiger partial charge in [0.1, 0.15) is 5.82 Å². The molecule has 98 valence electrons. The van der Waals surface area contributed by atoms with E-state index in [9.17, 15) is 9.18 Å². The molecule has 1 aromatic rings. The van der Waals surface area contributed by atoms with Crippen LogP contribution < -0.4 is 11.1 Å². The molecule has 1 heterocycles. The highest BCUT2D eigenvalue weighted by Crippen LogP contribution is 2.21. The molecule has 1 aromatic carbocycles. The smallest absolute Gasteiger partial charge is 0.318 e. The van der Waals surface area contributed by atoms with Crippen molar-refractivity contribution < 1.29 is 9.18 Å². The first kappa shape index (κ1) is 12.8. The summed E-state index contributed by atoms with van der Waals surface area (Å²) in [5.74, 6) is -0.0162. The minimum atomic E-state index is -0.282. The van der Waals surface area contributed by atoms with E-state index in [1.807, 2.05) is 13.0 Å². The molecule has 4 nitrogen and oxygen atoms in total. The number of halogens is 1. The van der Waals surface area contributed by atoms with E-state index in [-0.39, 0.29) is 23.8 Å². The fraction of sp³-hybridized carbons (Fsp3) is 0.462. The van der Waals surface area contributed by atoms with Crippen LogP contribution in [0.3, 0.4) is 0 Å². The molecule has 1 aliphatic heterocycles. The monoisotopic (exact) mass is 251 g/mol. The number of urea groups is 1. The number of nitrogens with zero attached hydrogens (tertiary/aromatic N) is 1. The van der Waals surface area contributed by atoms with Crippen molar-refractivity contribution in [2.24, 2.45) is 11.7 Å². The highest BCUT2D eigenvalue weighted by atomic mass is 19.1. The lowest BCUT2D eigenvalue weighted by molar-refractivity contribution is 0.211. The molecule has 5 heteroatoms. The molecule has 0 aromatic heterocycles. The van der Waals surface area contributed by atoms with E-state index in [2.05, 4.69) is 5.32 Å². The molecular formula is C13H18FN3O. The maximum Gasteiger partial charge on any atom is 0.318 e. The van der Waals surface area contributed by atoms with Crippen LogP contribution in [0.2, 0.25) is 0 Å². The highest BCUT2D eigenvalue weighted by molar-refractivity contribution is 5.77. The van der Waals surface area contributed by atoms with Crippen molar-refractivity contribution in [1.29, 1.82) is 0 Å². The second kappa shape index (κ2) is 5.35. The van der Waals surface area contributed by atoms with E-state index in [1.165, 1.54) is 12.1 Å². The quantitative estimate of drug-likeness (QED) is 0.851. The Labute approximate surface area is 106 Å². The largest absolute Gasteiger partial charge is 0.330 e. The summed E-state index contributed by atoms with van der Waals surface area (Å²) in [4.78, 5) is 13.5.